The van der Waals surface area contributed by atoms with Gasteiger partial charge in [-0.2, -0.15) is 11.8 Å². The predicted octanol–water partition coefficient (Wildman–Crippen LogP) is 2.89. The second-order valence-electron chi connectivity index (χ2n) is 3.34. The van der Waals surface area contributed by atoms with Gasteiger partial charge in [0.2, 0.25) is 0 Å². The van der Waals surface area contributed by atoms with Crippen LogP contribution in [0.3, 0.4) is 0 Å². The minimum atomic E-state index is 0.598. The first kappa shape index (κ1) is 12.0. The van der Waals surface area contributed by atoms with Crippen molar-refractivity contribution in [3.63, 3.8) is 0 Å². The molecule has 1 aromatic heterocycles. The smallest absolute Gasteiger partial charge is 0.103 e. The van der Waals surface area contributed by atoms with Gasteiger partial charge in [0.05, 0.1) is 0 Å². The maximum Gasteiger partial charge on any atom is 0.103 e. The van der Waals surface area contributed by atoms with Gasteiger partial charge in [-0.15, -0.1) is 11.3 Å². The number of rotatable bonds is 6. The van der Waals surface area contributed by atoms with Crippen molar-refractivity contribution in [1.82, 2.24) is 10.3 Å². The van der Waals surface area contributed by atoms with E-state index in [0.29, 0.717) is 6.04 Å². The third-order valence-electron chi connectivity index (χ3n) is 2.11. The van der Waals surface area contributed by atoms with Gasteiger partial charge in [0.15, 0.2) is 0 Å². The van der Waals surface area contributed by atoms with Crippen molar-refractivity contribution in [2.45, 2.75) is 38.6 Å². The summed E-state index contributed by atoms with van der Waals surface area (Å²) in [5, 5.41) is 4.70. The minimum Gasteiger partial charge on any atom is -0.309 e. The molecule has 1 atom stereocenters. The SMILES string of the molecule is CCC(C)NCc1cnc(CSC)s1. The summed E-state index contributed by atoms with van der Waals surface area (Å²) in [6, 6.07) is 0.598. The van der Waals surface area contributed by atoms with Crippen LogP contribution in [-0.4, -0.2) is 17.3 Å². The van der Waals surface area contributed by atoms with E-state index in [1.165, 1.54) is 16.3 Å². The van der Waals surface area contributed by atoms with Crippen molar-refractivity contribution >= 4 is 23.1 Å². The fraction of sp³-hybridized carbons (Fsp3) is 0.700. The molecule has 1 rings (SSSR count). The van der Waals surface area contributed by atoms with Crippen LogP contribution in [-0.2, 0) is 12.3 Å². The van der Waals surface area contributed by atoms with Gasteiger partial charge < -0.3 is 5.32 Å². The molecule has 1 unspecified atom stereocenters. The molecule has 0 amide bonds. The molecular formula is C10H18N2S2. The topological polar surface area (TPSA) is 24.9 Å². The Bertz CT molecular complexity index is 260. The first-order valence-electron chi connectivity index (χ1n) is 4.92. The van der Waals surface area contributed by atoms with E-state index >= 15 is 0 Å². The lowest BCUT2D eigenvalue weighted by molar-refractivity contribution is 0.537. The fourth-order valence-corrected chi connectivity index (χ4v) is 2.62. The van der Waals surface area contributed by atoms with Crippen LogP contribution in [0.1, 0.15) is 30.2 Å². The molecule has 1 aromatic rings. The van der Waals surface area contributed by atoms with Crippen LogP contribution >= 0.6 is 23.1 Å². The highest BCUT2D eigenvalue weighted by molar-refractivity contribution is 7.97. The summed E-state index contributed by atoms with van der Waals surface area (Å²) in [5.74, 6) is 1.04. The van der Waals surface area contributed by atoms with Crippen LogP contribution in [0.15, 0.2) is 6.20 Å². The lowest BCUT2D eigenvalue weighted by Crippen LogP contribution is -2.23. The van der Waals surface area contributed by atoms with Crippen molar-refractivity contribution in [1.29, 1.82) is 0 Å². The standard InChI is InChI=1S/C10H18N2S2/c1-4-8(2)11-5-9-6-12-10(14-9)7-13-3/h6,8,11H,4-5,7H2,1-3H3. The van der Waals surface area contributed by atoms with Gasteiger partial charge in [0, 0.05) is 29.4 Å². The van der Waals surface area contributed by atoms with E-state index in [1.54, 1.807) is 0 Å². The molecule has 0 saturated heterocycles. The quantitative estimate of drug-likeness (QED) is 0.813. The maximum atomic E-state index is 4.37. The number of hydrogen-bond donors (Lipinski definition) is 1. The Hall–Kier alpha value is -0.0600. The second-order valence-corrected chi connectivity index (χ2v) is 5.41. The van der Waals surface area contributed by atoms with E-state index < -0.39 is 0 Å². The van der Waals surface area contributed by atoms with Gasteiger partial charge in [0.1, 0.15) is 5.01 Å². The van der Waals surface area contributed by atoms with Crippen LogP contribution in [0.5, 0.6) is 0 Å². The van der Waals surface area contributed by atoms with Crippen LogP contribution in [0, 0.1) is 0 Å². The monoisotopic (exact) mass is 230 g/mol. The Morgan fingerprint density at radius 1 is 1.64 bits per heavy atom. The highest BCUT2D eigenvalue weighted by Gasteiger charge is 2.02. The van der Waals surface area contributed by atoms with Gasteiger partial charge in [-0.1, -0.05) is 6.92 Å². The van der Waals surface area contributed by atoms with Crippen LogP contribution in [0.25, 0.3) is 0 Å². The molecule has 4 heteroatoms. The number of hydrogen-bond acceptors (Lipinski definition) is 4. The molecule has 0 fully saturated rings. The van der Waals surface area contributed by atoms with Crippen LogP contribution in [0.2, 0.25) is 0 Å². The molecule has 0 radical (unpaired) electrons. The molecule has 80 valence electrons. The maximum absolute atomic E-state index is 4.37. The average Bonchev–Trinajstić information content (AvgIpc) is 2.63. The summed E-state index contributed by atoms with van der Waals surface area (Å²) in [6.07, 6.45) is 5.28. The average molecular weight is 230 g/mol. The number of nitrogens with one attached hydrogen (secondary N) is 1. The zero-order valence-corrected chi connectivity index (χ0v) is 10.7. The molecule has 14 heavy (non-hydrogen) atoms. The van der Waals surface area contributed by atoms with Gasteiger partial charge >= 0.3 is 0 Å². The molecule has 0 bridgehead atoms. The number of thioether (sulfide) groups is 1. The molecule has 0 aliphatic carbocycles. The van der Waals surface area contributed by atoms with E-state index in [4.69, 9.17) is 0 Å². The molecule has 2 nitrogen and oxygen atoms in total. The summed E-state index contributed by atoms with van der Waals surface area (Å²) in [7, 11) is 0. The lowest BCUT2D eigenvalue weighted by atomic mass is 10.2. The molecule has 0 aliphatic heterocycles. The first-order chi connectivity index (χ1) is 6.76. The van der Waals surface area contributed by atoms with E-state index in [9.17, 15) is 0 Å². The predicted molar refractivity (Wildman–Crippen MR) is 65.9 cm³/mol. The van der Waals surface area contributed by atoms with Gasteiger partial charge in [-0.3, -0.25) is 0 Å². The van der Waals surface area contributed by atoms with Crippen molar-refractivity contribution in [3.8, 4) is 0 Å². The molecular weight excluding hydrogens is 212 g/mol. The Labute approximate surface area is 94.5 Å². The highest BCUT2D eigenvalue weighted by atomic mass is 32.2. The fourth-order valence-electron chi connectivity index (χ4n) is 1.04. The summed E-state index contributed by atoms with van der Waals surface area (Å²) in [5.41, 5.74) is 0. The third kappa shape index (κ3) is 3.98. The van der Waals surface area contributed by atoms with E-state index in [-0.39, 0.29) is 0 Å². The van der Waals surface area contributed by atoms with Crippen molar-refractivity contribution in [3.05, 3.63) is 16.1 Å². The van der Waals surface area contributed by atoms with Crippen molar-refractivity contribution in [2.75, 3.05) is 6.26 Å². The number of aromatic nitrogens is 1. The molecule has 0 aliphatic rings. The molecule has 0 aromatic carbocycles. The summed E-state index contributed by atoms with van der Waals surface area (Å²) in [4.78, 5) is 5.71. The van der Waals surface area contributed by atoms with Crippen molar-refractivity contribution in [2.24, 2.45) is 0 Å². The van der Waals surface area contributed by atoms with E-state index in [1.807, 2.05) is 29.3 Å². The largest absolute Gasteiger partial charge is 0.309 e. The number of thiazole rings is 1. The Morgan fingerprint density at radius 2 is 2.43 bits per heavy atom. The Morgan fingerprint density at radius 3 is 3.07 bits per heavy atom. The van der Waals surface area contributed by atoms with Gasteiger partial charge in [-0.05, 0) is 19.6 Å². The summed E-state index contributed by atoms with van der Waals surface area (Å²) < 4.78 is 0. The second kappa shape index (κ2) is 6.43. The minimum absolute atomic E-state index is 0.598. The van der Waals surface area contributed by atoms with E-state index in [2.05, 4.69) is 30.4 Å². The lowest BCUT2D eigenvalue weighted by Gasteiger charge is -2.08. The summed E-state index contributed by atoms with van der Waals surface area (Å²) >= 11 is 3.64. The van der Waals surface area contributed by atoms with Gasteiger partial charge in [0.25, 0.3) is 0 Å². The third-order valence-corrected chi connectivity index (χ3v) is 3.85. The number of nitrogens with zero attached hydrogens (tertiary/aromatic N) is 1. The zero-order chi connectivity index (χ0) is 10.4. The normalized spacial score (nSPS) is 13.1. The van der Waals surface area contributed by atoms with Crippen molar-refractivity contribution < 1.29 is 0 Å². The molecule has 0 saturated carbocycles. The molecule has 1 heterocycles. The first-order valence-corrected chi connectivity index (χ1v) is 7.13. The summed E-state index contributed by atoms with van der Waals surface area (Å²) in [6.45, 7) is 5.37. The molecule has 0 spiro atoms. The van der Waals surface area contributed by atoms with Crippen LogP contribution < -0.4 is 5.32 Å². The Kier molecular flexibility index (Phi) is 5.52. The Balaban J connectivity index is 2.35. The van der Waals surface area contributed by atoms with Crippen LogP contribution in [0.4, 0.5) is 0 Å². The van der Waals surface area contributed by atoms with E-state index in [0.717, 1.165) is 12.3 Å². The van der Waals surface area contributed by atoms with Gasteiger partial charge in [-0.25, -0.2) is 4.98 Å². The highest BCUT2D eigenvalue weighted by Crippen LogP contribution is 2.17. The molecule has 1 N–H and O–H groups in total. The zero-order valence-electron chi connectivity index (χ0n) is 9.04.